The van der Waals surface area contributed by atoms with Gasteiger partial charge in [0.2, 0.25) is 0 Å². The lowest BCUT2D eigenvalue weighted by Crippen LogP contribution is -2.48. The third-order valence-electron chi connectivity index (χ3n) is 5.20. The van der Waals surface area contributed by atoms with Gasteiger partial charge < -0.3 is 25.6 Å². The highest BCUT2D eigenvalue weighted by atomic mass is 16.6. The number of guanidine groups is 1. The molecule has 3 N–H and O–H groups in total. The van der Waals surface area contributed by atoms with Gasteiger partial charge in [-0.2, -0.15) is 0 Å². The van der Waals surface area contributed by atoms with Gasteiger partial charge in [-0.25, -0.2) is 4.79 Å². The first kappa shape index (κ1) is 22.0. The predicted molar refractivity (Wildman–Crippen MR) is 113 cm³/mol. The number of piperidine rings is 1. The number of nitrogens with one attached hydrogen (secondary N) is 1. The number of likely N-dealkylation sites (tertiary alicyclic amines) is 1. The molecule has 1 aliphatic heterocycles. The number of aliphatic imine (C=N–C) groups is 1. The Kier molecular flexibility index (Phi) is 8.57. The maximum Gasteiger partial charge on any atom is 0.409 e. The Morgan fingerprint density at radius 1 is 1.29 bits per heavy atom. The number of carbonyl (C=O) groups excluding carboxylic acids is 1. The second-order valence-corrected chi connectivity index (χ2v) is 7.41. The minimum Gasteiger partial charge on any atom is -0.450 e. The topological polar surface area (TPSA) is 83.2 Å². The average Bonchev–Trinajstić information content (AvgIpc) is 2.69. The predicted octanol–water partition coefficient (Wildman–Crippen LogP) is 2.38. The van der Waals surface area contributed by atoms with Crippen molar-refractivity contribution in [2.24, 2.45) is 10.7 Å². The Morgan fingerprint density at radius 3 is 2.46 bits per heavy atom. The summed E-state index contributed by atoms with van der Waals surface area (Å²) in [5, 5.41) is 3.30. The monoisotopic (exact) mass is 389 g/mol. The molecule has 1 atom stereocenters. The van der Waals surface area contributed by atoms with Crippen molar-refractivity contribution >= 4 is 12.1 Å². The lowest BCUT2D eigenvalue weighted by atomic mass is 10.0. The van der Waals surface area contributed by atoms with Crippen molar-refractivity contribution in [2.45, 2.75) is 45.2 Å². The molecule has 28 heavy (non-hydrogen) atoms. The third-order valence-corrected chi connectivity index (χ3v) is 5.20. The SMILES string of the molecule is CCOC(=O)N1CCC(NC(N)=NCC(c2ccc(CC)cc2)N(C)C)CC1. The average molecular weight is 390 g/mol. The number of rotatable bonds is 7. The van der Waals surface area contributed by atoms with Crippen LogP contribution in [0.15, 0.2) is 29.3 Å². The number of aryl methyl sites for hydroxylation is 1. The smallest absolute Gasteiger partial charge is 0.409 e. The van der Waals surface area contributed by atoms with Crippen molar-refractivity contribution < 1.29 is 9.53 Å². The van der Waals surface area contributed by atoms with Crippen LogP contribution in [0.25, 0.3) is 0 Å². The second-order valence-electron chi connectivity index (χ2n) is 7.41. The molecular weight excluding hydrogens is 354 g/mol. The van der Waals surface area contributed by atoms with E-state index < -0.39 is 0 Å². The van der Waals surface area contributed by atoms with Crippen molar-refractivity contribution in [2.75, 3.05) is 40.3 Å². The van der Waals surface area contributed by atoms with Crippen molar-refractivity contribution in [1.29, 1.82) is 0 Å². The van der Waals surface area contributed by atoms with E-state index in [4.69, 9.17) is 10.5 Å². The van der Waals surface area contributed by atoms with Gasteiger partial charge in [-0.3, -0.25) is 4.99 Å². The minimum atomic E-state index is -0.231. The van der Waals surface area contributed by atoms with Gasteiger partial charge in [0.1, 0.15) is 0 Å². The Bertz CT molecular complexity index is 637. The number of carbonyl (C=O) groups is 1. The van der Waals surface area contributed by atoms with E-state index in [-0.39, 0.29) is 18.2 Å². The molecule has 7 nitrogen and oxygen atoms in total. The Balaban J connectivity index is 1.87. The zero-order chi connectivity index (χ0) is 20.5. The zero-order valence-corrected chi connectivity index (χ0v) is 17.6. The van der Waals surface area contributed by atoms with E-state index in [1.54, 1.807) is 4.90 Å². The summed E-state index contributed by atoms with van der Waals surface area (Å²) in [6, 6.07) is 9.11. The molecule has 1 heterocycles. The van der Waals surface area contributed by atoms with Gasteiger partial charge >= 0.3 is 6.09 Å². The van der Waals surface area contributed by atoms with Gasteiger partial charge in [0.25, 0.3) is 0 Å². The first-order valence-corrected chi connectivity index (χ1v) is 10.2. The summed E-state index contributed by atoms with van der Waals surface area (Å²) in [7, 11) is 4.12. The van der Waals surface area contributed by atoms with E-state index in [0.717, 1.165) is 19.3 Å². The Morgan fingerprint density at radius 2 is 1.93 bits per heavy atom. The standard InChI is InChI=1S/C21H35N5O2/c1-5-16-7-9-17(10-8-16)19(25(3)4)15-23-20(22)24-18-11-13-26(14-12-18)21(27)28-6-2/h7-10,18-19H,5-6,11-15H2,1-4H3,(H3,22,23,24). The molecule has 0 spiro atoms. The Hall–Kier alpha value is -2.28. The maximum absolute atomic E-state index is 11.8. The second kappa shape index (κ2) is 10.9. The normalized spacial score (nSPS) is 16.9. The molecule has 1 aromatic carbocycles. The summed E-state index contributed by atoms with van der Waals surface area (Å²) in [4.78, 5) is 20.3. The van der Waals surface area contributed by atoms with E-state index in [9.17, 15) is 4.79 Å². The highest BCUT2D eigenvalue weighted by Crippen LogP contribution is 2.19. The molecule has 2 rings (SSSR count). The summed E-state index contributed by atoms with van der Waals surface area (Å²) in [5.41, 5.74) is 8.70. The van der Waals surface area contributed by atoms with E-state index in [1.807, 2.05) is 6.92 Å². The molecule has 1 aliphatic rings. The molecule has 1 fully saturated rings. The molecule has 1 unspecified atom stereocenters. The number of benzene rings is 1. The van der Waals surface area contributed by atoms with E-state index in [0.29, 0.717) is 32.2 Å². The van der Waals surface area contributed by atoms with Crippen LogP contribution in [-0.2, 0) is 11.2 Å². The van der Waals surface area contributed by atoms with Crippen LogP contribution in [0.5, 0.6) is 0 Å². The van der Waals surface area contributed by atoms with Crippen molar-refractivity contribution in [1.82, 2.24) is 15.1 Å². The molecule has 0 bridgehead atoms. The number of nitrogens with two attached hydrogens (primary N) is 1. The maximum atomic E-state index is 11.8. The quantitative estimate of drug-likeness (QED) is 0.553. The van der Waals surface area contributed by atoms with Gasteiger partial charge in [0.05, 0.1) is 19.2 Å². The highest BCUT2D eigenvalue weighted by Gasteiger charge is 2.23. The number of hydrogen-bond acceptors (Lipinski definition) is 4. The molecule has 1 aromatic rings. The number of hydrogen-bond donors (Lipinski definition) is 2. The first-order valence-electron chi connectivity index (χ1n) is 10.2. The summed E-state index contributed by atoms with van der Waals surface area (Å²) < 4.78 is 5.06. The minimum absolute atomic E-state index is 0.178. The summed E-state index contributed by atoms with van der Waals surface area (Å²) in [6.07, 6.45) is 2.48. The molecule has 1 amide bonds. The van der Waals surface area contributed by atoms with Gasteiger partial charge in [-0.05, 0) is 51.4 Å². The van der Waals surface area contributed by atoms with Gasteiger partial charge in [-0.1, -0.05) is 31.2 Å². The van der Waals surface area contributed by atoms with Gasteiger partial charge in [0.15, 0.2) is 5.96 Å². The van der Waals surface area contributed by atoms with Crippen LogP contribution in [0, 0.1) is 0 Å². The number of amides is 1. The fourth-order valence-corrected chi connectivity index (χ4v) is 3.40. The van der Waals surface area contributed by atoms with Gasteiger partial charge in [-0.15, -0.1) is 0 Å². The fraction of sp³-hybridized carbons (Fsp3) is 0.619. The van der Waals surface area contributed by atoms with E-state index >= 15 is 0 Å². The van der Waals surface area contributed by atoms with Crippen LogP contribution in [-0.4, -0.2) is 68.2 Å². The lowest BCUT2D eigenvalue weighted by Gasteiger charge is -2.32. The lowest BCUT2D eigenvalue weighted by molar-refractivity contribution is 0.0963. The summed E-state index contributed by atoms with van der Waals surface area (Å²) in [6.45, 7) is 6.33. The van der Waals surface area contributed by atoms with Crippen molar-refractivity contribution in [3.8, 4) is 0 Å². The molecule has 0 saturated carbocycles. The van der Waals surface area contributed by atoms with Crippen molar-refractivity contribution in [3.63, 3.8) is 0 Å². The first-order chi connectivity index (χ1) is 13.4. The molecular formula is C21H35N5O2. The van der Waals surface area contributed by atoms with E-state index in [2.05, 4.69) is 60.5 Å². The fourth-order valence-electron chi connectivity index (χ4n) is 3.40. The van der Waals surface area contributed by atoms with Gasteiger partial charge in [0, 0.05) is 19.1 Å². The molecule has 0 radical (unpaired) electrons. The van der Waals surface area contributed by atoms with Crippen LogP contribution in [0.1, 0.15) is 43.9 Å². The molecule has 0 aromatic heterocycles. The molecule has 7 heteroatoms. The molecule has 0 aliphatic carbocycles. The summed E-state index contributed by atoms with van der Waals surface area (Å²) in [5.74, 6) is 0.464. The number of likely N-dealkylation sites (N-methyl/N-ethyl adjacent to an activating group) is 1. The van der Waals surface area contributed by atoms with Crippen LogP contribution >= 0.6 is 0 Å². The van der Waals surface area contributed by atoms with Crippen LogP contribution in [0.4, 0.5) is 4.79 Å². The molecule has 156 valence electrons. The zero-order valence-electron chi connectivity index (χ0n) is 17.6. The Labute approximate surface area is 168 Å². The van der Waals surface area contributed by atoms with Crippen LogP contribution in [0.2, 0.25) is 0 Å². The van der Waals surface area contributed by atoms with Crippen molar-refractivity contribution in [3.05, 3.63) is 35.4 Å². The highest BCUT2D eigenvalue weighted by molar-refractivity contribution is 5.78. The number of nitrogens with zero attached hydrogens (tertiary/aromatic N) is 3. The molecule has 1 saturated heterocycles. The largest absolute Gasteiger partial charge is 0.450 e. The van der Waals surface area contributed by atoms with Crippen LogP contribution < -0.4 is 11.1 Å². The third kappa shape index (κ3) is 6.41. The van der Waals surface area contributed by atoms with Crippen LogP contribution in [0.3, 0.4) is 0 Å². The number of ether oxygens (including phenoxy) is 1. The van der Waals surface area contributed by atoms with E-state index in [1.165, 1.54) is 11.1 Å². The summed E-state index contributed by atoms with van der Waals surface area (Å²) >= 11 is 0.